The SMILES string of the molecule is O=C(COC(=O)c1c(Cl)ccc(Cl)c1Cl)NCc1ccc2c(c1)OCO2. The number of nitrogens with one attached hydrogen (secondary N) is 1. The Morgan fingerprint density at radius 1 is 1.04 bits per heavy atom. The lowest BCUT2D eigenvalue weighted by Gasteiger charge is -2.09. The molecule has 0 radical (unpaired) electrons. The van der Waals surface area contributed by atoms with E-state index >= 15 is 0 Å². The highest BCUT2D eigenvalue weighted by molar-refractivity contribution is 6.46. The van der Waals surface area contributed by atoms with Crippen LogP contribution in [0.15, 0.2) is 30.3 Å². The molecule has 2 aromatic rings. The van der Waals surface area contributed by atoms with E-state index in [1.165, 1.54) is 12.1 Å². The fourth-order valence-electron chi connectivity index (χ4n) is 2.22. The van der Waals surface area contributed by atoms with Crippen molar-refractivity contribution in [1.29, 1.82) is 0 Å². The van der Waals surface area contributed by atoms with Gasteiger partial charge in [-0.2, -0.15) is 0 Å². The summed E-state index contributed by atoms with van der Waals surface area (Å²) >= 11 is 17.7. The van der Waals surface area contributed by atoms with E-state index in [0.29, 0.717) is 11.5 Å². The van der Waals surface area contributed by atoms with E-state index in [9.17, 15) is 9.59 Å². The quantitative estimate of drug-likeness (QED) is 0.592. The Bertz CT molecular complexity index is 872. The lowest BCUT2D eigenvalue weighted by atomic mass is 10.2. The summed E-state index contributed by atoms with van der Waals surface area (Å²) in [5.74, 6) is -0.0382. The number of benzene rings is 2. The van der Waals surface area contributed by atoms with Gasteiger partial charge in [-0.05, 0) is 29.8 Å². The van der Waals surface area contributed by atoms with Gasteiger partial charge in [-0.1, -0.05) is 40.9 Å². The molecule has 1 aliphatic rings. The predicted molar refractivity (Wildman–Crippen MR) is 96.2 cm³/mol. The zero-order chi connectivity index (χ0) is 18.7. The van der Waals surface area contributed by atoms with Gasteiger partial charge in [0.2, 0.25) is 6.79 Å². The zero-order valence-corrected chi connectivity index (χ0v) is 15.5. The van der Waals surface area contributed by atoms with Crippen LogP contribution in [0.5, 0.6) is 11.5 Å². The molecule has 6 nitrogen and oxygen atoms in total. The number of amides is 1. The molecule has 0 fully saturated rings. The van der Waals surface area contributed by atoms with Crippen LogP contribution in [0.25, 0.3) is 0 Å². The number of halogens is 3. The van der Waals surface area contributed by atoms with E-state index in [4.69, 9.17) is 49.0 Å². The van der Waals surface area contributed by atoms with E-state index < -0.39 is 18.5 Å². The number of esters is 1. The largest absolute Gasteiger partial charge is 0.454 e. The highest BCUT2D eigenvalue weighted by Crippen LogP contribution is 2.33. The Morgan fingerprint density at radius 2 is 1.77 bits per heavy atom. The van der Waals surface area contributed by atoms with Crippen LogP contribution in [0.3, 0.4) is 0 Å². The third-order valence-corrected chi connectivity index (χ3v) is 4.63. The molecule has 1 heterocycles. The van der Waals surface area contributed by atoms with E-state index in [-0.39, 0.29) is 34.0 Å². The summed E-state index contributed by atoms with van der Waals surface area (Å²) in [5, 5.41) is 2.86. The van der Waals surface area contributed by atoms with Crippen molar-refractivity contribution < 1.29 is 23.8 Å². The van der Waals surface area contributed by atoms with E-state index in [2.05, 4.69) is 5.32 Å². The minimum Gasteiger partial charge on any atom is -0.454 e. The molecular weight excluding hydrogens is 405 g/mol. The predicted octanol–water partition coefficient (Wildman–Crippen LogP) is 3.85. The Labute approximate surface area is 163 Å². The van der Waals surface area contributed by atoms with Gasteiger partial charge in [0.1, 0.15) is 0 Å². The second kappa shape index (κ2) is 8.03. The van der Waals surface area contributed by atoms with Gasteiger partial charge in [-0.25, -0.2) is 4.79 Å². The summed E-state index contributed by atoms with van der Waals surface area (Å²) in [5.41, 5.74) is 0.735. The van der Waals surface area contributed by atoms with Crippen molar-refractivity contribution in [3.8, 4) is 11.5 Å². The number of carbonyl (C=O) groups is 2. The standard InChI is InChI=1S/C17H12Cl3NO5/c18-10-2-3-11(19)16(20)15(10)17(23)24-7-14(22)21-6-9-1-4-12-13(5-9)26-8-25-12/h1-5H,6-8H2,(H,21,22). The van der Waals surface area contributed by atoms with Crippen molar-refractivity contribution >= 4 is 46.7 Å². The summed E-state index contributed by atoms with van der Waals surface area (Å²) < 4.78 is 15.4. The van der Waals surface area contributed by atoms with Gasteiger partial charge in [-0.3, -0.25) is 4.79 Å². The molecule has 9 heteroatoms. The zero-order valence-electron chi connectivity index (χ0n) is 13.2. The van der Waals surface area contributed by atoms with Gasteiger partial charge >= 0.3 is 5.97 Å². The first-order chi connectivity index (χ1) is 12.5. The second-order valence-corrected chi connectivity index (χ2v) is 6.45. The van der Waals surface area contributed by atoms with Crippen LogP contribution in [-0.2, 0) is 16.1 Å². The van der Waals surface area contributed by atoms with Gasteiger partial charge in [0.15, 0.2) is 18.1 Å². The third kappa shape index (κ3) is 4.15. The lowest BCUT2D eigenvalue weighted by Crippen LogP contribution is -2.28. The minimum atomic E-state index is -0.833. The van der Waals surface area contributed by atoms with Gasteiger partial charge in [0.05, 0.1) is 20.6 Å². The Morgan fingerprint density at radius 3 is 2.58 bits per heavy atom. The Balaban J connectivity index is 1.53. The molecule has 0 aliphatic carbocycles. The number of hydrogen-bond donors (Lipinski definition) is 1. The minimum absolute atomic E-state index is 0.0232. The molecule has 3 rings (SSSR count). The summed E-state index contributed by atoms with van der Waals surface area (Å²) in [4.78, 5) is 24.0. The number of ether oxygens (including phenoxy) is 3. The molecule has 0 saturated carbocycles. The van der Waals surface area contributed by atoms with E-state index in [0.717, 1.165) is 5.56 Å². The molecule has 1 aliphatic heterocycles. The maximum absolute atomic E-state index is 12.1. The normalized spacial score (nSPS) is 12.0. The average molecular weight is 417 g/mol. The molecule has 0 bridgehead atoms. The average Bonchev–Trinajstić information content (AvgIpc) is 3.09. The maximum atomic E-state index is 12.1. The fourth-order valence-corrected chi connectivity index (χ4v) is 2.90. The first kappa shape index (κ1) is 18.6. The molecule has 2 aromatic carbocycles. The summed E-state index contributed by atoms with van der Waals surface area (Å²) in [6.07, 6.45) is 0. The summed E-state index contributed by atoms with van der Waals surface area (Å²) in [6, 6.07) is 8.20. The van der Waals surface area contributed by atoms with Gasteiger partial charge in [0, 0.05) is 6.54 Å². The van der Waals surface area contributed by atoms with Crippen LogP contribution >= 0.6 is 34.8 Å². The van der Waals surface area contributed by atoms with E-state index in [1.54, 1.807) is 18.2 Å². The number of fused-ring (bicyclic) bond motifs is 1. The molecule has 136 valence electrons. The van der Waals surface area contributed by atoms with Gasteiger partial charge in [0.25, 0.3) is 5.91 Å². The number of hydrogen-bond acceptors (Lipinski definition) is 5. The Kier molecular flexibility index (Phi) is 5.76. The molecular formula is C17H12Cl3NO5. The Hall–Kier alpha value is -2.15. The van der Waals surface area contributed by atoms with E-state index in [1.807, 2.05) is 0 Å². The van der Waals surface area contributed by atoms with Crippen LogP contribution in [-0.4, -0.2) is 25.3 Å². The first-order valence-electron chi connectivity index (χ1n) is 7.41. The van der Waals surface area contributed by atoms with Crippen molar-refractivity contribution in [2.75, 3.05) is 13.4 Å². The monoisotopic (exact) mass is 415 g/mol. The van der Waals surface area contributed by atoms with Crippen molar-refractivity contribution in [3.05, 3.63) is 56.5 Å². The molecule has 1 N–H and O–H groups in total. The molecule has 0 unspecified atom stereocenters. The van der Waals surface area contributed by atoms with Crippen LogP contribution in [0.1, 0.15) is 15.9 Å². The smallest absolute Gasteiger partial charge is 0.341 e. The molecule has 26 heavy (non-hydrogen) atoms. The fraction of sp³-hybridized carbons (Fsp3) is 0.176. The molecule has 0 atom stereocenters. The van der Waals surface area contributed by atoms with Gasteiger partial charge < -0.3 is 19.5 Å². The van der Waals surface area contributed by atoms with Gasteiger partial charge in [-0.15, -0.1) is 0 Å². The van der Waals surface area contributed by atoms with Crippen LogP contribution in [0, 0.1) is 0 Å². The number of rotatable bonds is 5. The highest BCUT2D eigenvalue weighted by Gasteiger charge is 2.20. The topological polar surface area (TPSA) is 73.9 Å². The van der Waals surface area contributed by atoms with Crippen molar-refractivity contribution in [2.45, 2.75) is 6.54 Å². The summed E-state index contributed by atoms with van der Waals surface area (Å²) in [7, 11) is 0. The molecule has 0 aromatic heterocycles. The second-order valence-electron chi connectivity index (χ2n) is 5.26. The van der Waals surface area contributed by atoms with Crippen molar-refractivity contribution in [1.82, 2.24) is 5.32 Å². The molecule has 1 amide bonds. The molecule has 0 saturated heterocycles. The van der Waals surface area contributed by atoms with Crippen molar-refractivity contribution in [3.63, 3.8) is 0 Å². The van der Waals surface area contributed by atoms with Crippen LogP contribution in [0.4, 0.5) is 0 Å². The number of carbonyl (C=O) groups excluding carboxylic acids is 2. The highest BCUT2D eigenvalue weighted by atomic mass is 35.5. The third-order valence-electron chi connectivity index (χ3n) is 3.51. The lowest BCUT2D eigenvalue weighted by molar-refractivity contribution is -0.124. The van der Waals surface area contributed by atoms with Crippen LogP contribution in [0.2, 0.25) is 15.1 Å². The van der Waals surface area contributed by atoms with Crippen LogP contribution < -0.4 is 14.8 Å². The summed E-state index contributed by atoms with van der Waals surface area (Å²) in [6.45, 7) is -0.0655. The maximum Gasteiger partial charge on any atom is 0.341 e. The molecule has 0 spiro atoms. The van der Waals surface area contributed by atoms with Crippen molar-refractivity contribution in [2.24, 2.45) is 0 Å². The first-order valence-corrected chi connectivity index (χ1v) is 8.55.